The molecule has 94 valence electrons. The van der Waals surface area contributed by atoms with Crippen LogP contribution in [0.3, 0.4) is 0 Å². The predicted molar refractivity (Wildman–Crippen MR) is 64.1 cm³/mol. The molecular weight excluding hydrogens is 237 g/mol. The second-order valence-corrected chi connectivity index (χ2v) is 3.70. The average molecular weight is 249 g/mol. The summed E-state index contributed by atoms with van der Waals surface area (Å²) in [5, 5.41) is 9.90. The summed E-state index contributed by atoms with van der Waals surface area (Å²) in [5.41, 5.74) is 6.22. The Kier molecular flexibility index (Phi) is 3.52. The number of carbonyl (C=O) groups is 1. The van der Waals surface area contributed by atoms with Crippen LogP contribution in [0.15, 0.2) is 30.6 Å². The van der Waals surface area contributed by atoms with E-state index in [0.717, 1.165) is 0 Å². The first-order chi connectivity index (χ1) is 8.65. The third-order valence-corrected chi connectivity index (χ3v) is 2.33. The first-order valence-corrected chi connectivity index (χ1v) is 5.34. The first-order valence-electron chi connectivity index (χ1n) is 5.34. The van der Waals surface area contributed by atoms with Gasteiger partial charge in [-0.3, -0.25) is 9.48 Å². The third kappa shape index (κ3) is 3.03. The molecule has 1 heterocycles. The number of amides is 1. The Labute approximate surface area is 103 Å². The molecule has 0 saturated heterocycles. The van der Waals surface area contributed by atoms with E-state index in [1.807, 2.05) is 0 Å². The maximum Gasteiger partial charge on any atom is 0.226 e. The van der Waals surface area contributed by atoms with Crippen LogP contribution in [0, 0.1) is 5.82 Å². The second kappa shape index (κ2) is 5.26. The molecule has 18 heavy (non-hydrogen) atoms. The fraction of sp³-hybridized carbons (Fsp3) is 0.182. The number of nitrogens with two attached hydrogens (primary N) is 1. The number of nitrogens with zero attached hydrogens (tertiary/aromatic N) is 3. The molecule has 0 aliphatic heterocycles. The maximum atomic E-state index is 13.0. The Hall–Kier alpha value is -2.44. The van der Waals surface area contributed by atoms with Crippen LogP contribution < -0.4 is 11.1 Å². The SMILES string of the molecule is Nc1ccc(F)cc1NC(=O)CCn1ccnn1. The van der Waals surface area contributed by atoms with Gasteiger partial charge in [-0.1, -0.05) is 5.21 Å². The van der Waals surface area contributed by atoms with Gasteiger partial charge in [-0.05, 0) is 18.2 Å². The molecule has 2 aromatic rings. The van der Waals surface area contributed by atoms with Gasteiger partial charge in [0.05, 0.1) is 24.1 Å². The van der Waals surface area contributed by atoms with Crippen molar-refractivity contribution in [3.05, 3.63) is 36.4 Å². The normalized spacial score (nSPS) is 10.3. The lowest BCUT2D eigenvalue weighted by Gasteiger charge is -2.08. The summed E-state index contributed by atoms with van der Waals surface area (Å²) in [5.74, 6) is -0.710. The van der Waals surface area contributed by atoms with Gasteiger partial charge >= 0.3 is 0 Å². The number of carbonyl (C=O) groups excluding carboxylic acids is 1. The molecular formula is C11H12FN5O. The van der Waals surface area contributed by atoms with Crippen molar-refractivity contribution in [1.29, 1.82) is 0 Å². The van der Waals surface area contributed by atoms with E-state index in [1.165, 1.54) is 29.1 Å². The monoisotopic (exact) mass is 249 g/mol. The summed E-state index contributed by atoms with van der Waals surface area (Å²) in [7, 11) is 0. The largest absolute Gasteiger partial charge is 0.397 e. The Balaban J connectivity index is 1.92. The number of anilines is 2. The number of nitrogens with one attached hydrogen (secondary N) is 1. The molecule has 0 radical (unpaired) electrons. The summed E-state index contributed by atoms with van der Waals surface area (Å²) in [4.78, 5) is 11.6. The maximum absolute atomic E-state index is 13.0. The molecule has 2 rings (SSSR count). The Morgan fingerprint density at radius 1 is 1.50 bits per heavy atom. The quantitative estimate of drug-likeness (QED) is 0.792. The van der Waals surface area contributed by atoms with Crippen LogP contribution in [0.4, 0.5) is 15.8 Å². The molecule has 1 aromatic heterocycles. The van der Waals surface area contributed by atoms with E-state index in [2.05, 4.69) is 15.6 Å². The number of hydrogen-bond acceptors (Lipinski definition) is 4. The van der Waals surface area contributed by atoms with Gasteiger partial charge in [0.2, 0.25) is 5.91 Å². The zero-order chi connectivity index (χ0) is 13.0. The van der Waals surface area contributed by atoms with Gasteiger partial charge in [0.1, 0.15) is 5.82 Å². The summed E-state index contributed by atoms with van der Waals surface area (Å²) in [6.45, 7) is 0.404. The van der Waals surface area contributed by atoms with Crippen LogP contribution in [0.1, 0.15) is 6.42 Å². The molecule has 0 unspecified atom stereocenters. The lowest BCUT2D eigenvalue weighted by molar-refractivity contribution is -0.116. The van der Waals surface area contributed by atoms with Crippen LogP contribution in [-0.2, 0) is 11.3 Å². The van der Waals surface area contributed by atoms with E-state index in [0.29, 0.717) is 12.2 Å². The number of rotatable bonds is 4. The van der Waals surface area contributed by atoms with Gasteiger partial charge in [0.25, 0.3) is 0 Å². The van der Waals surface area contributed by atoms with Crippen LogP contribution >= 0.6 is 0 Å². The smallest absolute Gasteiger partial charge is 0.226 e. The van der Waals surface area contributed by atoms with Gasteiger partial charge in [0.15, 0.2) is 0 Å². The summed E-state index contributed by atoms with van der Waals surface area (Å²) in [6, 6.07) is 3.82. The minimum atomic E-state index is -0.448. The number of aromatic nitrogens is 3. The van der Waals surface area contributed by atoms with E-state index >= 15 is 0 Å². The van der Waals surface area contributed by atoms with Crippen molar-refractivity contribution < 1.29 is 9.18 Å². The summed E-state index contributed by atoms with van der Waals surface area (Å²) < 4.78 is 14.5. The number of hydrogen-bond donors (Lipinski definition) is 2. The van der Waals surface area contributed by atoms with Gasteiger partial charge < -0.3 is 11.1 Å². The molecule has 0 bridgehead atoms. The Morgan fingerprint density at radius 2 is 2.33 bits per heavy atom. The summed E-state index contributed by atoms with van der Waals surface area (Å²) in [6.07, 6.45) is 3.39. The first kappa shape index (κ1) is 12.0. The molecule has 1 amide bonds. The van der Waals surface area contributed by atoms with Crippen molar-refractivity contribution in [2.24, 2.45) is 0 Å². The predicted octanol–water partition coefficient (Wildman–Crippen LogP) is 1.03. The molecule has 0 aliphatic rings. The van der Waals surface area contributed by atoms with Crippen LogP contribution in [-0.4, -0.2) is 20.9 Å². The molecule has 0 spiro atoms. The minimum Gasteiger partial charge on any atom is -0.397 e. The molecule has 0 aliphatic carbocycles. The van der Waals surface area contributed by atoms with Crippen molar-refractivity contribution in [2.75, 3.05) is 11.1 Å². The van der Waals surface area contributed by atoms with Crippen molar-refractivity contribution in [3.8, 4) is 0 Å². The van der Waals surface area contributed by atoms with E-state index < -0.39 is 5.82 Å². The van der Waals surface area contributed by atoms with Crippen molar-refractivity contribution >= 4 is 17.3 Å². The van der Waals surface area contributed by atoms with E-state index in [-0.39, 0.29) is 18.0 Å². The van der Waals surface area contributed by atoms with Crippen molar-refractivity contribution in [2.45, 2.75) is 13.0 Å². The zero-order valence-electron chi connectivity index (χ0n) is 9.51. The third-order valence-electron chi connectivity index (χ3n) is 2.33. The standard InChI is InChI=1S/C11H12FN5O/c12-8-1-2-9(13)10(7-8)15-11(18)3-5-17-6-4-14-16-17/h1-2,4,6-7H,3,5,13H2,(H,15,18). The van der Waals surface area contributed by atoms with Gasteiger partial charge in [-0.2, -0.15) is 0 Å². The van der Waals surface area contributed by atoms with E-state index in [1.54, 1.807) is 6.20 Å². The molecule has 1 aromatic carbocycles. The van der Waals surface area contributed by atoms with Crippen molar-refractivity contribution in [1.82, 2.24) is 15.0 Å². The average Bonchev–Trinajstić information content (AvgIpc) is 2.84. The molecule has 0 saturated carbocycles. The lowest BCUT2D eigenvalue weighted by atomic mass is 10.2. The van der Waals surface area contributed by atoms with Gasteiger partial charge in [0, 0.05) is 12.6 Å². The molecule has 0 atom stereocenters. The van der Waals surface area contributed by atoms with E-state index in [4.69, 9.17) is 5.73 Å². The number of benzene rings is 1. The zero-order valence-corrected chi connectivity index (χ0v) is 9.51. The number of halogens is 1. The van der Waals surface area contributed by atoms with Crippen molar-refractivity contribution in [3.63, 3.8) is 0 Å². The Bertz CT molecular complexity index is 540. The minimum absolute atomic E-state index is 0.208. The van der Waals surface area contributed by atoms with E-state index in [9.17, 15) is 9.18 Å². The highest BCUT2D eigenvalue weighted by Gasteiger charge is 2.06. The number of nitrogen functional groups attached to an aromatic ring is 1. The highest BCUT2D eigenvalue weighted by molar-refractivity contribution is 5.93. The van der Waals surface area contributed by atoms with Crippen LogP contribution in [0.2, 0.25) is 0 Å². The highest BCUT2D eigenvalue weighted by Crippen LogP contribution is 2.19. The molecule has 0 fully saturated rings. The fourth-order valence-electron chi connectivity index (χ4n) is 1.42. The molecule has 7 heteroatoms. The fourth-order valence-corrected chi connectivity index (χ4v) is 1.42. The van der Waals surface area contributed by atoms with Gasteiger partial charge in [-0.25, -0.2) is 4.39 Å². The lowest BCUT2D eigenvalue weighted by Crippen LogP contribution is -2.15. The Morgan fingerprint density at radius 3 is 3.06 bits per heavy atom. The summed E-state index contributed by atoms with van der Waals surface area (Å²) >= 11 is 0. The topological polar surface area (TPSA) is 85.8 Å². The molecule has 6 nitrogen and oxygen atoms in total. The number of aryl methyl sites for hydroxylation is 1. The highest BCUT2D eigenvalue weighted by atomic mass is 19.1. The second-order valence-electron chi connectivity index (χ2n) is 3.70. The molecule has 3 N–H and O–H groups in total. The van der Waals surface area contributed by atoms with Gasteiger partial charge in [-0.15, -0.1) is 5.10 Å². The van der Waals surface area contributed by atoms with Crippen LogP contribution in [0.5, 0.6) is 0 Å². The van der Waals surface area contributed by atoms with Crippen LogP contribution in [0.25, 0.3) is 0 Å².